The average Bonchev–Trinajstić information content (AvgIpc) is 3.00. The Morgan fingerprint density at radius 2 is 1.44 bits per heavy atom. The van der Waals surface area contributed by atoms with Gasteiger partial charge in [0.2, 0.25) is 0 Å². The summed E-state index contributed by atoms with van der Waals surface area (Å²) in [5.74, 6) is 0.103. The fourth-order valence-corrected chi connectivity index (χ4v) is 4.60. The summed E-state index contributed by atoms with van der Waals surface area (Å²) in [6.45, 7) is 5.25. The van der Waals surface area contributed by atoms with E-state index in [1.54, 1.807) is 32.1 Å². The third-order valence-corrected chi connectivity index (χ3v) is 7.99. The van der Waals surface area contributed by atoms with Gasteiger partial charge in [0.1, 0.15) is 0 Å². The van der Waals surface area contributed by atoms with Crippen LogP contribution < -0.4 is 0 Å². The molecule has 0 spiro atoms. The summed E-state index contributed by atoms with van der Waals surface area (Å²) < 4.78 is 25.2. The van der Waals surface area contributed by atoms with Crippen molar-refractivity contribution >= 4 is 31.3 Å². The number of hydrogen-bond donors (Lipinski definition) is 0. The van der Waals surface area contributed by atoms with Crippen molar-refractivity contribution in [2.24, 2.45) is 0 Å². The Morgan fingerprint density at radius 3 is 2.12 bits per heavy atom. The van der Waals surface area contributed by atoms with E-state index in [1.165, 1.54) is 21.2 Å². The number of hydrogen-bond acceptors (Lipinski definition) is 3. The van der Waals surface area contributed by atoms with Gasteiger partial charge in [-0.2, -0.15) is 0 Å². The largest absolute Gasteiger partial charge is 0.228 e. The minimum absolute atomic E-state index is 0.103. The van der Waals surface area contributed by atoms with E-state index in [-0.39, 0.29) is 5.75 Å². The van der Waals surface area contributed by atoms with E-state index in [4.69, 9.17) is 0 Å². The fourth-order valence-electron chi connectivity index (χ4n) is 2.68. The third kappa shape index (κ3) is 4.31. The van der Waals surface area contributed by atoms with Crippen molar-refractivity contribution in [1.29, 1.82) is 0 Å². The fraction of sp³-hybridized carbons (Fsp3) is 0.333. The zero-order chi connectivity index (χ0) is 18.1. The third-order valence-electron chi connectivity index (χ3n) is 4.54. The molecule has 132 valence electrons. The molecule has 2 aromatic carbocycles. The molecule has 0 unspecified atom stereocenters. The maximum Gasteiger partial charge on any atom is 0.159 e. The van der Waals surface area contributed by atoms with Crippen molar-refractivity contribution < 1.29 is 8.42 Å². The van der Waals surface area contributed by atoms with E-state index in [0.717, 1.165) is 18.4 Å². The SMILES string of the molecule is CC(C)(C)S(=O)(=O)Cc1ccc(CCc2ccc3ccsc3c2)cc1. The first kappa shape index (κ1) is 18.2. The maximum absolute atomic E-state index is 12.3. The molecule has 0 fully saturated rings. The van der Waals surface area contributed by atoms with Crippen LogP contribution in [0.25, 0.3) is 10.1 Å². The summed E-state index contributed by atoms with van der Waals surface area (Å²) in [7, 11) is -3.13. The predicted molar refractivity (Wildman–Crippen MR) is 108 cm³/mol. The number of sulfone groups is 1. The Bertz CT molecular complexity index is 959. The Hall–Kier alpha value is -1.65. The van der Waals surface area contributed by atoms with Gasteiger partial charge < -0.3 is 0 Å². The second kappa shape index (κ2) is 6.93. The van der Waals surface area contributed by atoms with Crippen LogP contribution in [0.1, 0.15) is 37.5 Å². The first-order chi connectivity index (χ1) is 11.7. The molecule has 4 heteroatoms. The summed E-state index contributed by atoms with van der Waals surface area (Å²) in [5.41, 5.74) is 3.44. The molecule has 1 aromatic heterocycles. The van der Waals surface area contributed by atoms with E-state index in [9.17, 15) is 8.42 Å². The molecule has 0 radical (unpaired) electrons. The number of rotatable bonds is 5. The molecule has 0 N–H and O–H groups in total. The zero-order valence-electron chi connectivity index (χ0n) is 15.0. The second-order valence-corrected chi connectivity index (χ2v) is 11.2. The smallest absolute Gasteiger partial charge is 0.159 e. The van der Waals surface area contributed by atoms with Crippen LogP contribution in [0.2, 0.25) is 0 Å². The van der Waals surface area contributed by atoms with Crippen molar-refractivity contribution in [3.05, 3.63) is 70.6 Å². The quantitative estimate of drug-likeness (QED) is 0.601. The van der Waals surface area contributed by atoms with Gasteiger partial charge in [-0.05, 0) is 73.2 Å². The highest BCUT2D eigenvalue weighted by Gasteiger charge is 2.28. The van der Waals surface area contributed by atoms with Crippen LogP contribution in [0, 0.1) is 0 Å². The lowest BCUT2D eigenvalue weighted by molar-refractivity contribution is 0.559. The number of benzene rings is 2. The van der Waals surface area contributed by atoms with Gasteiger partial charge in [-0.15, -0.1) is 11.3 Å². The molecule has 3 aromatic rings. The molecule has 0 atom stereocenters. The van der Waals surface area contributed by atoms with Crippen LogP contribution in [0.15, 0.2) is 53.9 Å². The molecule has 0 aliphatic carbocycles. The molecule has 0 aliphatic heterocycles. The highest BCUT2D eigenvalue weighted by molar-refractivity contribution is 7.91. The lowest BCUT2D eigenvalue weighted by Crippen LogP contribution is -2.29. The van der Waals surface area contributed by atoms with Gasteiger partial charge in [-0.25, -0.2) is 8.42 Å². The molecule has 0 bridgehead atoms. The van der Waals surface area contributed by atoms with Gasteiger partial charge in [0, 0.05) is 4.70 Å². The van der Waals surface area contributed by atoms with E-state index in [1.807, 2.05) is 12.1 Å². The Labute approximate surface area is 154 Å². The Kier molecular flexibility index (Phi) is 5.03. The van der Waals surface area contributed by atoms with Crippen molar-refractivity contribution in [3.8, 4) is 0 Å². The maximum atomic E-state index is 12.3. The molecule has 3 rings (SSSR count). The summed E-state index contributed by atoms with van der Waals surface area (Å²) in [4.78, 5) is 0. The molecule has 0 saturated heterocycles. The van der Waals surface area contributed by atoms with Crippen LogP contribution in [0.5, 0.6) is 0 Å². The zero-order valence-corrected chi connectivity index (χ0v) is 16.6. The Morgan fingerprint density at radius 1 is 0.840 bits per heavy atom. The minimum atomic E-state index is -3.13. The van der Waals surface area contributed by atoms with Crippen LogP contribution in [-0.2, 0) is 28.4 Å². The predicted octanol–water partition coefficient (Wildman–Crippen LogP) is 5.40. The number of aryl methyl sites for hydroxylation is 2. The summed E-state index contributed by atoms with van der Waals surface area (Å²) >= 11 is 1.78. The second-order valence-electron chi connectivity index (χ2n) is 7.48. The number of thiophene rings is 1. The molecule has 0 saturated carbocycles. The van der Waals surface area contributed by atoms with Gasteiger partial charge in [-0.3, -0.25) is 0 Å². The van der Waals surface area contributed by atoms with Crippen molar-refractivity contribution in [1.82, 2.24) is 0 Å². The summed E-state index contributed by atoms with van der Waals surface area (Å²) in [5, 5.41) is 3.43. The van der Waals surface area contributed by atoms with Crippen molar-refractivity contribution in [3.63, 3.8) is 0 Å². The standard InChI is InChI=1S/C21H24O2S2/c1-21(2,3)25(22,23)15-18-8-5-16(6-9-18)4-7-17-10-11-19-12-13-24-20(19)14-17/h5-6,8-14H,4,7,15H2,1-3H3. The van der Waals surface area contributed by atoms with Gasteiger partial charge in [0.15, 0.2) is 9.84 Å². The molecular formula is C21H24O2S2. The van der Waals surface area contributed by atoms with Crippen LogP contribution in [0.3, 0.4) is 0 Å². The lowest BCUT2D eigenvalue weighted by atomic mass is 10.0. The average molecular weight is 373 g/mol. The van der Waals surface area contributed by atoms with E-state index < -0.39 is 14.6 Å². The molecule has 1 heterocycles. The van der Waals surface area contributed by atoms with Gasteiger partial charge in [0.25, 0.3) is 0 Å². The summed E-state index contributed by atoms with van der Waals surface area (Å²) in [6, 6.07) is 16.8. The first-order valence-corrected chi connectivity index (χ1v) is 11.0. The molecule has 25 heavy (non-hydrogen) atoms. The van der Waals surface area contributed by atoms with Crippen LogP contribution >= 0.6 is 11.3 Å². The van der Waals surface area contributed by atoms with Gasteiger partial charge >= 0.3 is 0 Å². The highest BCUT2D eigenvalue weighted by Crippen LogP contribution is 2.23. The van der Waals surface area contributed by atoms with E-state index in [0.29, 0.717) is 0 Å². The normalized spacial score (nSPS) is 12.6. The monoisotopic (exact) mass is 372 g/mol. The lowest BCUT2D eigenvalue weighted by Gasteiger charge is -2.19. The molecule has 0 amide bonds. The van der Waals surface area contributed by atoms with Gasteiger partial charge in [0.05, 0.1) is 10.5 Å². The van der Waals surface area contributed by atoms with Crippen LogP contribution in [0.4, 0.5) is 0 Å². The topological polar surface area (TPSA) is 34.1 Å². The minimum Gasteiger partial charge on any atom is -0.228 e. The molecule has 2 nitrogen and oxygen atoms in total. The number of fused-ring (bicyclic) bond motifs is 1. The van der Waals surface area contributed by atoms with Gasteiger partial charge in [-0.1, -0.05) is 36.4 Å². The van der Waals surface area contributed by atoms with E-state index in [2.05, 4.69) is 41.8 Å². The molecular weight excluding hydrogens is 348 g/mol. The van der Waals surface area contributed by atoms with Crippen molar-refractivity contribution in [2.45, 2.75) is 44.1 Å². The molecule has 0 aliphatic rings. The highest BCUT2D eigenvalue weighted by atomic mass is 32.2. The Balaban J connectivity index is 1.64. The van der Waals surface area contributed by atoms with Crippen LogP contribution in [-0.4, -0.2) is 13.2 Å². The van der Waals surface area contributed by atoms with E-state index >= 15 is 0 Å². The first-order valence-electron chi connectivity index (χ1n) is 8.51. The summed E-state index contributed by atoms with van der Waals surface area (Å²) in [6.07, 6.45) is 1.96. The van der Waals surface area contributed by atoms with Crippen molar-refractivity contribution in [2.75, 3.05) is 0 Å².